The topological polar surface area (TPSA) is 105 Å². The van der Waals surface area contributed by atoms with Crippen LogP contribution in [0.15, 0.2) is 59.5 Å². The van der Waals surface area contributed by atoms with Crippen molar-refractivity contribution in [3.63, 3.8) is 0 Å². The van der Waals surface area contributed by atoms with Gasteiger partial charge in [-0.05, 0) is 73.9 Å². The number of aryl methyl sites for hydroxylation is 2. The lowest BCUT2D eigenvalue weighted by Crippen LogP contribution is -2.50. The number of anilines is 1. The number of halogens is 2. The molecular formula is C29H33Cl2N3O6S. The molecule has 0 spiro atoms. The average Bonchev–Trinajstić information content (AvgIpc) is 2.94. The Bertz CT molecular complexity index is 1530. The quantitative estimate of drug-likeness (QED) is 0.323. The van der Waals surface area contributed by atoms with E-state index in [9.17, 15) is 18.0 Å². The highest BCUT2D eigenvalue weighted by atomic mass is 35.5. The van der Waals surface area contributed by atoms with Crippen LogP contribution < -0.4 is 19.1 Å². The van der Waals surface area contributed by atoms with E-state index in [0.717, 1.165) is 15.4 Å². The number of likely N-dealkylation sites (N-methyl/N-ethyl adjacent to an activating group) is 1. The van der Waals surface area contributed by atoms with Crippen molar-refractivity contribution >= 4 is 50.7 Å². The van der Waals surface area contributed by atoms with Gasteiger partial charge in [-0.15, -0.1) is 0 Å². The predicted octanol–water partition coefficient (Wildman–Crippen LogP) is 4.99. The molecule has 3 rings (SSSR count). The number of hydrogen-bond donors (Lipinski definition) is 1. The van der Waals surface area contributed by atoms with E-state index in [1.54, 1.807) is 37.3 Å². The Morgan fingerprint density at radius 3 is 2.10 bits per heavy atom. The first-order valence-electron chi connectivity index (χ1n) is 12.6. The number of sulfonamides is 1. The Labute approximate surface area is 251 Å². The first kappa shape index (κ1) is 32.0. The van der Waals surface area contributed by atoms with Crippen LogP contribution in [0.25, 0.3) is 0 Å². The summed E-state index contributed by atoms with van der Waals surface area (Å²) in [4.78, 5) is 27.8. The van der Waals surface area contributed by atoms with Gasteiger partial charge < -0.3 is 19.7 Å². The standard InChI is InChI=1S/C29H33Cl2N3O6S/c1-18-11-19(2)13-22(12-18)34(41(37,38)23-8-10-26(39-5)27(15-23)40-6)17-28(35)33(20(3)29(36)32-4)16-21-7-9-24(30)25(31)14-21/h7-15,20H,16-17H2,1-6H3,(H,32,36)/t20-/m1/s1. The molecule has 1 N–H and O–H groups in total. The molecule has 2 amide bonds. The summed E-state index contributed by atoms with van der Waals surface area (Å²) in [6.45, 7) is 4.65. The molecule has 12 heteroatoms. The minimum Gasteiger partial charge on any atom is -0.493 e. The summed E-state index contributed by atoms with van der Waals surface area (Å²) in [5.74, 6) is -0.447. The number of amides is 2. The summed E-state index contributed by atoms with van der Waals surface area (Å²) < 4.78 is 39.9. The molecule has 220 valence electrons. The van der Waals surface area contributed by atoms with E-state index in [1.807, 2.05) is 19.9 Å². The first-order valence-corrected chi connectivity index (χ1v) is 14.8. The Hall–Kier alpha value is -3.47. The maximum Gasteiger partial charge on any atom is 0.264 e. The average molecular weight is 623 g/mol. The highest BCUT2D eigenvalue weighted by molar-refractivity contribution is 7.92. The van der Waals surface area contributed by atoms with E-state index in [0.29, 0.717) is 22.0 Å². The number of carbonyl (C=O) groups is 2. The van der Waals surface area contributed by atoms with Crippen molar-refractivity contribution in [1.82, 2.24) is 10.2 Å². The zero-order valence-electron chi connectivity index (χ0n) is 23.7. The van der Waals surface area contributed by atoms with Gasteiger partial charge in [0.15, 0.2) is 11.5 Å². The van der Waals surface area contributed by atoms with Crippen LogP contribution in [0.5, 0.6) is 11.5 Å². The smallest absolute Gasteiger partial charge is 0.264 e. The largest absolute Gasteiger partial charge is 0.493 e. The van der Waals surface area contributed by atoms with Gasteiger partial charge >= 0.3 is 0 Å². The summed E-state index contributed by atoms with van der Waals surface area (Å²) in [5, 5.41) is 3.18. The summed E-state index contributed by atoms with van der Waals surface area (Å²) >= 11 is 12.3. The normalized spacial score (nSPS) is 11.9. The number of methoxy groups -OCH3 is 2. The number of nitrogens with one attached hydrogen (secondary N) is 1. The fourth-order valence-electron chi connectivity index (χ4n) is 4.35. The summed E-state index contributed by atoms with van der Waals surface area (Å²) in [6, 6.07) is 13.4. The van der Waals surface area contributed by atoms with Crippen molar-refractivity contribution in [3.05, 3.63) is 81.3 Å². The first-order chi connectivity index (χ1) is 19.3. The maximum absolute atomic E-state index is 14.1. The minimum atomic E-state index is -4.30. The molecule has 0 saturated heterocycles. The molecule has 0 heterocycles. The van der Waals surface area contributed by atoms with E-state index in [2.05, 4.69) is 5.32 Å². The number of benzene rings is 3. The number of ether oxygens (including phenoxy) is 2. The van der Waals surface area contributed by atoms with Crippen molar-refractivity contribution in [2.24, 2.45) is 0 Å². The van der Waals surface area contributed by atoms with Crippen LogP contribution in [0.2, 0.25) is 10.0 Å². The van der Waals surface area contributed by atoms with Gasteiger partial charge in [0.25, 0.3) is 10.0 Å². The molecule has 0 aliphatic rings. The van der Waals surface area contributed by atoms with Crippen molar-refractivity contribution in [1.29, 1.82) is 0 Å². The number of carbonyl (C=O) groups excluding carboxylic acids is 2. The molecule has 9 nitrogen and oxygen atoms in total. The molecule has 0 radical (unpaired) electrons. The van der Waals surface area contributed by atoms with Gasteiger partial charge in [0.05, 0.1) is 34.8 Å². The van der Waals surface area contributed by atoms with Gasteiger partial charge in [-0.2, -0.15) is 0 Å². The van der Waals surface area contributed by atoms with E-state index < -0.39 is 34.4 Å². The van der Waals surface area contributed by atoms with E-state index in [4.69, 9.17) is 32.7 Å². The van der Waals surface area contributed by atoms with Gasteiger partial charge in [0, 0.05) is 19.7 Å². The van der Waals surface area contributed by atoms with Crippen LogP contribution in [0.3, 0.4) is 0 Å². The molecule has 0 aliphatic carbocycles. The zero-order valence-corrected chi connectivity index (χ0v) is 26.0. The second kappa shape index (κ2) is 13.5. The predicted molar refractivity (Wildman–Crippen MR) is 161 cm³/mol. The summed E-state index contributed by atoms with van der Waals surface area (Å²) in [5.41, 5.74) is 2.54. The number of nitrogens with zero attached hydrogens (tertiary/aromatic N) is 2. The Balaban J connectivity index is 2.12. The molecular weight excluding hydrogens is 589 g/mol. The Morgan fingerprint density at radius 1 is 0.902 bits per heavy atom. The van der Waals surface area contributed by atoms with Gasteiger partial charge in [0.1, 0.15) is 12.6 Å². The van der Waals surface area contributed by atoms with Crippen molar-refractivity contribution in [3.8, 4) is 11.5 Å². The molecule has 1 atom stereocenters. The fraction of sp³-hybridized carbons (Fsp3) is 0.310. The van der Waals surface area contributed by atoms with Crippen LogP contribution in [0.1, 0.15) is 23.6 Å². The number of hydrogen-bond acceptors (Lipinski definition) is 6. The molecule has 0 bridgehead atoms. The molecule has 0 unspecified atom stereocenters. The maximum atomic E-state index is 14.1. The molecule has 41 heavy (non-hydrogen) atoms. The van der Waals surface area contributed by atoms with Gasteiger partial charge in [0.2, 0.25) is 11.8 Å². The van der Waals surface area contributed by atoms with Crippen molar-refractivity contribution in [2.45, 2.75) is 38.3 Å². The molecule has 0 fully saturated rings. The van der Waals surface area contributed by atoms with Crippen LogP contribution >= 0.6 is 23.2 Å². The second-order valence-corrected chi connectivity index (χ2v) is 12.1. The third-order valence-electron chi connectivity index (χ3n) is 6.47. The second-order valence-electron chi connectivity index (χ2n) is 9.43. The monoisotopic (exact) mass is 621 g/mol. The van der Waals surface area contributed by atoms with Crippen LogP contribution in [0, 0.1) is 13.8 Å². The van der Waals surface area contributed by atoms with Crippen LogP contribution in [-0.2, 0) is 26.2 Å². The molecule has 0 saturated carbocycles. The third-order valence-corrected chi connectivity index (χ3v) is 8.98. The highest BCUT2D eigenvalue weighted by Crippen LogP contribution is 2.33. The highest BCUT2D eigenvalue weighted by Gasteiger charge is 2.33. The van der Waals surface area contributed by atoms with Gasteiger partial charge in [-0.3, -0.25) is 13.9 Å². The summed E-state index contributed by atoms with van der Waals surface area (Å²) in [6.07, 6.45) is 0. The van der Waals surface area contributed by atoms with Crippen molar-refractivity contribution < 1.29 is 27.5 Å². The van der Waals surface area contributed by atoms with Crippen LogP contribution in [0.4, 0.5) is 5.69 Å². The molecule has 0 aromatic heterocycles. The van der Waals surface area contributed by atoms with E-state index in [1.165, 1.54) is 44.4 Å². The lowest BCUT2D eigenvalue weighted by atomic mass is 10.1. The lowest BCUT2D eigenvalue weighted by Gasteiger charge is -2.32. The lowest BCUT2D eigenvalue weighted by molar-refractivity contribution is -0.139. The summed E-state index contributed by atoms with van der Waals surface area (Å²) in [7, 11) is 0.0133. The van der Waals surface area contributed by atoms with E-state index in [-0.39, 0.29) is 22.2 Å². The van der Waals surface area contributed by atoms with Gasteiger partial charge in [-0.25, -0.2) is 8.42 Å². The van der Waals surface area contributed by atoms with Crippen molar-refractivity contribution in [2.75, 3.05) is 32.1 Å². The molecule has 3 aromatic rings. The Kier molecular flexibility index (Phi) is 10.5. The third kappa shape index (κ3) is 7.44. The van der Waals surface area contributed by atoms with E-state index >= 15 is 0 Å². The number of rotatable bonds is 11. The van der Waals surface area contributed by atoms with Gasteiger partial charge in [-0.1, -0.05) is 35.3 Å². The minimum absolute atomic E-state index is 0.0125. The fourth-order valence-corrected chi connectivity index (χ4v) is 6.09. The molecule has 0 aliphatic heterocycles. The molecule has 3 aromatic carbocycles. The van der Waals surface area contributed by atoms with Crippen LogP contribution in [-0.4, -0.2) is 59.0 Å². The SMILES string of the molecule is CNC(=O)[C@@H](C)N(Cc1ccc(Cl)c(Cl)c1)C(=O)CN(c1cc(C)cc(C)c1)S(=O)(=O)c1ccc(OC)c(OC)c1. The zero-order chi connectivity index (χ0) is 30.5. The Morgan fingerprint density at radius 2 is 1.54 bits per heavy atom.